The molecular formula is C19H20N2O3S. The molecule has 25 heavy (non-hydrogen) atoms. The van der Waals surface area contributed by atoms with Crippen LogP contribution in [0.2, 0.25) is 0 Å². The van der Waals surface area contributed by atoms with Gasteiger partial charge in [-0.05, 0) is 50.6 Å². The molecule has 3 aromatic rings. The monoisotopic (exact) mass is 356 g/mol. The third-order valence-electron chi connectivity index (χ3n) is 3.92. The van der Waals surface area contributed by atoms with Gasteiger partial charge in [0, 0.05) is 11.3 Å². The van der Waals surface area contributed by atoms with Crippen molar-refractivity contribution in [2.24, 2.45) is 0 Å². The zero-order chi connectivity index (χ0) is 18.0. The number of oxazole rings is 1. The molecule has 0 fully saturated rings. The van der Waals surface area contributed by atoms with Crippen LogP contribution in [0.15, 0.2) is 57.8 Å². The average Bonchev–Trinajstić information content (AvgIpc) is 2.96. The fourth-order valence-corrected chi connectivity index (χ4v) is 3.58. The maximum Gasteiger partial charge on any atom is 0.261 e. The number of hydrogen-bond donors (Lipinski definition) is 1. The Hall–Kier alpha value is -2.60. The lowest BCUT2D eigenvalue weighted by atomic mass is 10.2. The van der Waals surface area contributed by atoms with Crippen LogP contribution in [0.4, 0.5) is 5.69 Å². The first kappa shape index (κ1) is 17.2. The molecule has 3 rings (SSSR count). The smallest absolute Gasteiger partial charge is 0.261 e. The van der Waals surface area contributed by atoms with E-state index < -0.39 is 10.0 Å². The Morgan fingerprint density at radius 3 is 2.44 bits per heavy atom. The van der Waals surface area contributed by atoms with E-state index in [9.17, 15) is 8.42 Å². The van der Waals surface area contributed by atoms with E-state index in [1.54, 1.807) is 42.5 Å². The number of benzene rings is 2. The molecule has 1 heterocycles. The van der Waals surface area contributed by atoms with E-state index in [0.717, 1.165) is 29.0 Å². The standard InChI is InChI=1S/C19H20N2O3S/c1-4-18-14(3)24-19(20-18)15-6-5-7-16(12-15)21-25(22,23)17-10-8-13(2)9-11-17/h5-12,21H,4H2,1-3H3. The molecule has 0 saturated heterocycles. The Labute approximate surface area is 147 Å². The summed E-state index contributed by atoms with van der Waals surface area (Å²) in [6.45, 7) is 5.80. The van der Waals surface area contributed by atoms with Gasteiger partial charge in [-0.1, -0.05) is 30.7 Å². The lowest BCUT2D eigenvalue weighted by molar-refractivity contribution is 0.539. The Bertz CT molecular complexity index is 990. The van der Waals surface area contributed by atoms with Crippen molar-refractivity contribution in [2.45, 2.75) is 32.1 Å². The largest absolute Gasteiger partial charge is 0.441 e. The van der Waals surface area contributed by atoms with Gasteiger partial charge < -0.3 is 4.42 Å². The van der Waals surface area contributed by atoms with Gasteiger partial charge in [0.2, 0.25) is 5.89 Å². The van der Waals surface area contributed by atoms with E-state index in [-0.39, 0.29) is 4.90 Å². The SMILES string of the molecule is CCc1nc(-c2cccc(NS(=O)(=O)c3ccc(C)cc3)c2)oc1C. The van der Waals surface area contributed by atoms with Crippen LogP contribution >= 0.6 is 0 Å². The van der Waals surface area contributed by atoms with Crippen molar-refractivity contribution in [3.63, 3.8) is 0 Å². The summed E-state index contributed by atoms with van der Waals surface area (Å²) in [5.74, 6) is 1.27. The van der Waals surface area contributed by atoms with Crippen molar-refractivity contribution in [1.82, 2.24) is 4.98 Å². The summed E-state index contributed by atoms with van der Waals surface area (Å²) in [4.78, 5) is 4.69. The summed E-state index contributed by atoms with van der Waals surface area (Å²) in [7, 11) is -3.64. The average molecular weight is 356 g/mol. The molecule has 0 spiro atoms. The molecule has 130 valence electrons. The molecule has 0 unspecified atom stereocenters. The van der Waals surface area contributed by atoms with Gasteiger partial charge >= 0.3 is 0 Å². The second-order valence-electron chi connectivity index (χ2n) is 5.87. The lowest BCUT2D eigenvalue weighted by Gasteiger charge is -2.09. The number of aryl methyl sites for hydroxylation is 3. The second kappa shape index (κ2) is 6.72. The lowest BCUT2D eigenvalue weighted by Crippen LogP contribution is -2.12. The Balaban J connectivity index is 1.90. The van der Waals surface area contributed by atoms with Crippen LogP contribution in [0.5, 0.6) is 0 Å². The predicted octanol–water partition coefficient (Wildman–Crippen LogP) is 4.32. The number of nitrogens with one attached hydrogen (secondary N) is 1. The summed E-state index contributed by atoms with van der Waals surface area (Å²) in [5.41, 5.74) is 3.10. The molecule has 0 amide bonds. The van der Waals surface area contributed by atoms with E-state index >= 15 is 0 Å². The van der Waals surface area contributed by atoms with Gasteiger partial charge in [-0.15, -0.1) is 0 Å². The summed E-state index contributed by atoms with van der Waals surface area (Å²) < 4.78 is 33.3. The maximum absolute atomic E-state index is 12.5. The summed E-state index contributed by atoms with van der Waals surface area (Å²) in [6, 6.07) is 13.8. The molecule has 0 saturated carbocycles. The number of anilines is 1. The maximum atomic E-state index is 12.5. The molecule has 1 N–H and O–H groups in total. The fraction of sp³-hybridized carbons (Fsp3) is 0.211. The molecule has 0 atom stereocenters. The molecule has 5 nitrogen and oxygen atoms in total. The molecule has 6 heteroatoms. The molecule has 1 aromatic heterocycles. The van der Waals surface area contributed by atoms with Crippen LogP contribution in [-0.4, -0.2) is 13.4 Å². The predicted molar refractivity (Wildman–Crippen MR) is 98.0 cm³/mol. The van der Waals surface area contributed by atoms with Gasteiger partial charge in [-0.2, -0.15) is 0 Å². The minimum Gasteiger partial charge on any atom is -0.441 e. The number of rotatable bonds is 5. The van der Waals surface area contributed by atoms with Crippen LogP contribution < -0.4 is 4.72 Å². The van der Waals surface area contributed by atoms with Crippen molar-refractivity contribution >= 4 is 15.7 Å². The van der Waals surface area contributed by atoms with E-state index in [1.165, 1.54) is 0 Å². The van der Waals surface area contributed by atoms with Crippen molar-refractivity contribution in [2.75, 3.05) is 4.72 Å². The highest BCUT2D eigenvalue weighted by molar-refractivity contribution is 7.92. The number of hydrogen-bond acceptors (Lipinski definition) is 4. The highest BCUT2D eigenvalue weighted by Crippen LogP contribution is 2.26. The fourth-order valence-electron chi connectivity index (χ4n) is 2.53. The van der Waals surface area contributed by atoms with Crippen molar-refractivity contribution < 1.29 is 12.8 Å². The van der Waals surface area contributed by atoms with Gasteiger partial charge in [0.15, 0.2) is 0 Å². The number of sulfonamides is 1. The highest BCUT2D eigenvalue weighted by Gasteiger charge is 2.15. The van der Waals surface area contributed by atoms with Crippen LogP contribution in [0, 0.1) is 13.8 Å². The van der Waals surface area contributed by atoms with Crippen molar-refractivity contribution in [1.29, 1.82) is 0 Å². The first-order valence-corrected chi connectivity index (χ1v) is 9.53. The van der Waals surface area contributed by atoms with Crippen LogP contribution in [-0.2, 0) is 16.4 Å². The van der Waals surface area contributed by atoms with Crippen LogP contribution in [0.3, 0.4) is 0 Å². The van der Waals surface area contributed by atoms with E-state index in [1.807, 2.05) is 26.8 Å². The molecule has 0 aliphatic heterocycles. The van der Waals surface area contributed by atoms with Gasteiger partial charge in [0.25, 0.3) is 10.0 Å². The molecule has 0 bridgehead atoms. The number of nitrogens with zero attached hydrogens (tertiary/aromatic N) is 1. The van der Waals surface area contributed by atoms with Gasteiger partial charge in [-0.3, -0.25) is 4.72 Å². The molecule has 2 aromatic carbocycles. The van der Waals surface area contributed by atoms with Crippen molar-refractivity contribution in [3.05, 3.63) is 65.5 Å². The first-order chi connectivity index (χ1) is 11.9. The molecule has 0 radical (unpaired) electrons. The second-order valence-corrected chi connectivity index (χ2v) is 7.56. The summed E-state index contributed by atoms with van der Waals surface area (Å²) in [6.07, 6.45) is 0.787. The Morgan fingerprint density at radius 2 is 1.80 bits per heavy atom. The first-order valence-electron chi connectivity index (χ1n) is 8.05. The third-order valence-corrected chi connectivity index (χ3v) is 5.32. The molecular weight excluding hydrogens is 336 g/mol. The third kappa shape index (κ3) is 3.74. The van der Waals surface area contributed by atoms with Gasteiger partial charge in [0.1, 0.15) is 5.76 Å². The van der Waals surface area contributed by atoms with Crippen LogP contribution in [0.25, 0.3) is 11.5 Å². The van der Waals surface area contributed by atoms with Crippen LogP contribution in [0.1, 0.15) is 23.9 Å². The Morgan fingerprint density at radius 1 is 1.08 bits per heavy atom. The quantitative estimate of drug-likeness (QED) is 0.739. The normalized spacial score (nSPS) is 11.5. The zero-order valence-corrected chi connectivity index (χ0v) is 15.2. The summed E-state index contributed by atoms with van der Waals surface area (Å²) >= 11 is 0. The van der Waals surface area contributed by atoms with Gasteiger partial charge in [-0.25, -0.2) is 13.4 Å². The van der Waals surface area contributed by atoms with E-state index in [0.29, 0.717) is 11.6 Å². The van der Waals surface area contributed by atoms with Crippen molar-refractivity contribution in [3.8, 4) is 11.5 Å². The Kier molecular flexibility index (Phi) is 4.63. The van der Waals surface area contributed by atoms with Gasteiger partial charge in [0.05, 0.1) is 10.6 Å². The number of aromatic nitrogens is 1. The van der Waals surface area contributed by atoms with E-state index in [4.69, 9.17) is 4.42 Å². The van der Waals surface area contributed by atoms with E-state index in [2.05, 4.69) is 9.71 Å². The molecule has 0 aliphatic carbocycles. The summed E-state index contributed by atoms with van der Waals surface area (Å²) in [5, 5.41) is 0. The zero-order valence-electron chi connectivity index (χ0n) is 14.4. The minimum atomic E-state index is -3.64. The minimum absolute atomic E-state index is 0.226. The molecule has 0 aliphatic rings. The highest BCUT2D eigenvalue weighted by atomic mass is 32.2. The topological polar surface area (TPSA) is 72.2 Å².